The molecule has 1 fully saturated rings. The van der Waals surface area contributed by atoms with Crippen LogP contribution in [0.4, 0.5) is 20.4 Å². The molecule has 0 saturated heterocycles. The zero-order valence-corrected chi connectivity index (χ0v) is 18.9. The van der Waals surface area contributed by atoms with Gasteiger partial charge in [0.1, 0.15) is 18.8 Å². The van der Waals surface area contributed by atoms with Crippen molar-refractivity contribution in [2.75, 3.05) is 12.0 Å². The van der Waals surface area contributed by atoms with Crippen molar-refractivity contribution in [3.8, 4) is 11.4 Å². The summed E-state index contributed by atoms with van der Waals surface area (Å²) in [6.07, 6.45) is 5.89. The molecule has 4 aromatic rings. The van der Waals surface area contributed by atoms with E-state index in [-0.39, 0.29) is 35.6 Å². The van der Waals surface area contributed by atoms with Crippen molar-refractivity contribution in [1.82, 2.24) is 40.2 Å². The third-order valence-electron chi connectivity index (χ3n) is 5.92. The molecular weight excluding hydrogens is 460 g/mol. The minimum Gasteiger partial charge on any atom is -0.344 e. The smallest absolute Gasteiger partial charge is 0.315 e. The van der Waals surface area contributed by atoms with Gasteiger partial charge in [0.15, 0.2) is 11.6 Å². The number of aryl methyl sites for hydroxylation is 1. The quantitative estimate of drug-likeness (QED) is 0.389. The van der Waals surface area contributed by atoms with Crippen molar-refractivity contribution in [3.05, 3.63) is 59.5 Å². The lowest BCUT2D eigenvalue weighted by molar-refractivity contribution is 0.0907. The maximum absolute atomic E-state index is 15.2. The third-order valence-corrected chi connectivity index (χ3v) is 5.92. The number of aromatic nitrogens is 7. The predicted molar refractivity (Wildman–Crippen MR) is 119 cm³/mol. The second kappa shape index (κ2) is 8.81. The van der Waals surface area contributed by atoms with E-state index in [9.17, 15) is 9.18 Å². The van der Waals surface area contributed by atoms with Gasteiger partial charge < -0.3 is 15.2 Å². The number of rotatable bonds is 8. The van der Waals surface area contributed by atoms with Crippen LogP contribution in [0.1, 0.15) is 40.5 Å². The molecule has 0 aliphatic heterocycles. The Labute approximate surface area is 198 Å². The average Bonchev–Trinajstić information content (AvgIpc) is 3.29. The van der Waals surface area contributed by atoms with E-state index in [0.717, 1.165) is 0 Å². The molecule has 0 atom stereocenters. The number of nitrogens with zero attached hydrogens (tertiary/aromatic N) is 7. The van der Waals surface area contributed by atoms with Crippen LogP contribution in [0.2, 0.25) is 0 Å². The summed E-state index contributed by atoms with van der Waals surface area (Å²) >= 11 is 0. The molecule has 35 heavy (non-hydrogen) atoms. The summed E-state index contributed by atoms with van der Waals surface area (Å²) < 4.78 is 35.0. The molecule has 11 nitrogen and oxygen atoms in total. The predicted octanol–water partition coefficient (Wildman–Crippen LogP) is 2.78. The molecule has 1 aliphatic rings. The van der Waals surface area contributed by atoms with Gasteiger partial charge in [0.05, 0.1) is 22.9 Å². The Morgan fingerprint density at radius 1 is 1.26 bits per heavy atom. The normalized spacial score (nSPS) is 14.1. The van der Waals surface area contributed by atoms with Crippen molar-refractivity contribution in [2.24, 2.45) is 7.05 Å². The van der Waals surface area contributed by atoms with Crippen LogP contribution in [0.15, 0.2) is 35.4 Å². The SMILES string of the molecule is Cc1c(CNC(=O)c2nc(C3(CF)CC3)no2)ccc(-c2ncnc(Nc3cnn(C)c3)n2)c1F. The first-order valence-corrected chi connectivity index (χ1v) is 10.8. The van der Waals surface area contributed by atoms with Gasteiger partial charge in [-0.1, -0.05) is 11.2 Å². The van der Waals surface area contributed by atoms with Gasteiger partial charge in [0.25, 0.3) is 0 Å². The Kier molecular flexibility index (Phi) is 5.67. The summed E-state index contributed by atoms with van der Waals surface area (Å²) in [5, 5.41) is 13.4. The first kappa shape index (κ1) is 22.5. The minimum absolute atomic E-state index is 0.0266. The van der Waals surface area contributed by atoms with E-state index in [1.807, 2.05) is 0 Å². The Morgan fingerprint density at radius 2 is 2.09 bits per heavy atom. The zero-order valence-electron chi connectivity index (χ0n) is 18.9. The standard InChI is InChI=1S/C22H21F2N9O2/c1-12-13(7-25-18(34)19-31-20(32-35-19)22(10-23)5-6-22)3-4-15(16(12)24)17-26-11-27-21(30-17)29-14-8-28-33(2)9-14/h3-4,8-9,11H,5-7,10H2,1-2H3,(H,25,34)(H,26,27,29,30). The van der Waals surface area contributed by atoms with Crippen molar-refractivity contribution >= 4 is 17.5 Å². The number of alkyl halides is 1. The monoisotopic (exact) mass is 481 g/mol. The van der Waals surface area contributed by atoms with Crippen molar-refractivity contribution in [2.45, 2.75) is 31.7 Å². The molecule has 3 aromatic heterocycles. The molecule has 0 radical (unpaired) electrons. The molecule has 0 spiro atoms. The van der Waals surface area contributed by atoms with Crippen LogP contribution in [0.25, 0.3) is 11.4 Å². The van der Waals surface area contributed by atoms with Gasteiger partial charge in [-0.05, 0) is 37.0 Å². The summed E-state index contributed by atoms with van der Waals surface area (Å²) in [5.74, 6) is -0.793. The number of carbonyl (C=O) groups is 1. The highest BCUT2D eigenvalue weighted by Gasteiger charge is 2.49. The second-order valence-electron chi connectivity index (χ2n) is 8.39. The number of anilines is 2. The number of hydrogen-bond acceptors (Lipinski definition) is 9. The average molecular weight is 481 g/mol. The summed E-state index contributed by atoms with van der Waals surface area (Å²) in [4.78, 5) is 28.9. The number of halogens is 2. The number of benzene rings is 1. The van der Waals surface area contributed by atoms with Crippen LogP contribution in [-0.2, 0) is 19.0 Å². The second-order valence-corrected chi connectivity index (χ2v) is 8.39. The van der Waals surface area contributed by atoms with Crippen molar-refractivity contribution < 1.29 is 18.1 Å². The molecule has 13 heteroatoms. The molecule has 180 valence electrons. The first-order valence-electron chi connectivity index (χ1n) is 10.8. The maximum Gasteiger partial charge on any atom is 0.315 e. The maximum atomic E-state index is 15.2. The van der Waals surface area contributed by atoms with E-state index in [0.29, 0.717) is 29.7 Å². The lowest BCUT2D eigenvalue weighted by Crippen LogP contribution is -2.24. The van der Waals surface area contributed by atoms with Gasteiger partial charge in [0, 0.05) is 19.8 Å². The van der Waals surface area contributed by atoms with Gasteiger partial charge in [-0.3, -0.25) is 9.48 Å². The Balaban J connectivity index is 1.28. The first-order chi connectivity index (χ1) is 16.9. The van der Waals surface area contributed by atoms with Gasteiger partial charge in [-0.25, -0.2) is 18.7 Å². The number of nitrogens with one attached hydrogen (secondary N) is 2. The van der Waals surface area contributed by atoms with Crippen LogP contribution in [0.3, 0.4) is 0 Å². The molecule has 1 saturated carbocycles. The fourth-order valence-corrected chi connectivity index (χ4v) is 3.54. The molecular formula is C22H21F2N9O2. The van der Waals surface area contributed by atoms with E-state index >= 15 is 4.39 Å². The summed E-state index contributed by atoms with van der Waals surface area (Å²) in [6.45, 7) is 1.03. The highest BCUT2D eigenvalue weighted by molar-refractivity contribution is 5.89. The molecule has 1 aromatic carbocycles. The highest BCUT2D eigenvalue weighted by atomic mass is 19.1. The van der Waals surface area contributed by atoms with Gasteiger partial charge in [-0.2, -0.15) is 15.1 Å². The van der Waals surface area contributed by atoms with E-state index in [2.05, 4.69) is 40.8 Å². The lowest BCUT2D eigenvalue weighted by Gasteiger charge is -2.11. The number of hydrogen-bond donors (Lipinski definition) is 2. The van der Waals surface area contributed by atoms with Crippen LogP contribution in [0.5, 0.6) is 0 Å². The van der Waals surface area contributed by atoms with Crippen LogP contribution in [0, 0.1) is 12.7 Å². The molecule has 1 aliphatic carbocycles. The van der Waals surface area contributed by atoms with E-state index in [1.165, 1.54) is 12.4 Å². The van der Waals surface area contributed by atoms with E-state index in [1.54, 1.807) is 37.1 Å². The molecule has 3 heterocycles. The van der Waals surface area contributed by atoms with E-state index in [4.69, 9.17) is 4.52 Å². The Bertz CT molecular complexity index is 1400. The number of carbonyl (C=O) groups excluding carboxylic acids is 1. The zero-order chi connectivity index (χ0) is 24.6. The third kappa shape index (κ3) is 4.44. The fourth-order valence-electron chi connectivity index (χ4n) is 3.54. The lowest BCUT2D eigenvalue weighted by atomic mass is 10.0. The largest absolute Gasteiger partial charge is 0.344 e. The molecule has 0 bridgehead atoms. The van der Waals surface area contributed by atoms with E-state index < -0.39 is 23.8 Å². The summed E-state index contributed by atoms with van der Waals surface area (Å²) in [6, 6.07) is 3.21. The molecule has 1 amide bonds. The highest BCUT2D eigenvalue weighted by Crippen LogP contribution is 2.47. The Morgan fingerprint density at radius 3 is 2.80 bits per heavy atom. The molecule has 5 rings (SSSR count). The van der Waals surface area contributed by atoms with Crippen LogP contribution in [-0.4, -0.2) is 47.5 Å². The molecule has 2 N–H and O–H groups in total. The van der Waals surface area contributed by atoms with Crippen LogP contribution < -0.4 is 10.6 Å². The van der Waals surface area contributed by atoms with Gasteiger partial charge >= 0.3 is 11.8 Å². The fraction of sp³-hybridized carbons (Fsp3) is 0.318. The topological polar surface area (TPSA) is 137 Å². The Hall–Kier alpha value is -4.29. The van der Waals surface area contributed by atoms with Gasteiger partial charge in [0.2, 0.25) is 5.95 Å². The molecule has 0 unspecified atom stereocenters. The minimum atomic E-state index is -0.722. The summed E-state index contributed by atoms with van der Waals surface area (Å²) in [5.41, 5.74) is 1.02. The van der Waals surface area contributed by atoms with Gasteiger partial charge in [-0.15, -0.1) is 0 Å². The van der Waals surface area contributed by atoms with Crippen LogP contribution >= 0.6 is 0 Å². The number of amides is 1. The summed E-state index contributed by atoms with van der Waals surface area (Å²) in [7, 11) is 1.78. The van der Waals surface area contributed by atoms with Crippen molar-refractivity contribution in [1.29, 1.82) is 0 Å². The van der Waals surface area contributed by atoms with Crippen molar-refractivity contribution in [3.63, 3.8) is 0 Å².